The van der Waals surface area contributed by atoms with Gasteiger partial charge in [0.15, 0.2) is 5.96 Å². The lowest BCUT2D eigenvalue weighted by atomic mass is 10.1. The summed E-state index contributed by atoms with van der Waals surface area (Å²) in [5.74, 6) is 0.693. The molecule has 2 fully saturated rings. The van der Waals surface area contributed by atoms with Crippen LogP contribution in [0.15, 0.2) is 23.2 Å². The quantitative estimate of drug-likeness (QED) is 0.522. The van der Waals surface area contributed by atoms with E-state index in [1.54, 1.807) is 6.07 Å². The number of hydrogen-bond donors (Lipinski definition) is 2. The second kappa shape index (κ2) is 11.1. The Morgan fingerprint density at radius 2 is 2.00 bits per heavy atom. The summed E-state index contributed by atoms with van der Waals surface area (Å²) in [7, 11) is 0. The van der Waals surface area contributed by atoms with Crippen molar-refractivity contribution in [1.29, 1.82) is 0 Å². The predicted octanol–water partition coefficient (Wildman–Crippen LogP) is 3.31. The van der Waals surface area contributed by atoms with Crippen LogP contribution in [0.5, 0.6) is 0 Å². The van der Waals surface area contributed by atoms with Gasteiger partial charge in [-0.1, -0.05) is 13.0 Å². The summed E-state index contributed by atoms with van der Waals surface area (Å²) in [5, 5.41) is 7.63. The zero-order chi connectivity index (χ0) is 20.6. The van der Waals surface area contributed by atoms with Crippen LogP contribution in [0.2, 0.25) is 0 Å². The normalized spacial score (nSPS) is 23.4. The fourth-order valence-electron chi connectivity index (χ4n) is 4.18. The lowest BCUT2D eigenvalue weighted by Gasteiger charge is -2.35. The summed E-state index contributed by atoms with van der Waals surface area (Å²) in [6.45, 7) is 10.4. The largest absolute Gasteiger partial charge is 0.367 e. The van der Waals surface area contributed by atoms with Crippen molar-refractivity contribution in [1.82, 2.24) is 15.5 Å². The van der Waals surface area contributed by atoms with E-state index in [1.165, 1.54) is 19.3 Å². The first-order valence-corrected chi connectivity index (χ1v) is 12.2. The third-order valence-corrected chi connectivity index (χ3v) is 7.09. The molecule has 0 spiro atoms. The molecule has 162 valence electrons. The second-order valence-corrected chi connectivity index (χ2v) is 9.05. The van der Waals surface area contributed by atoms with Gasteiger partial charge < -0.3 is 20.4 Å². The number of likely N-dealkylation sites (N-methyl/N-ethyl adjacent to an activating group) is 1. The first kappa shape index (κ1) is 22.2. The average Bonchev–Trinajstić information content (AvgIpc) is 3.20. The first-order valence-electron chi connectivity index (χ1n) is 11.0. The lowest BCUT2D eigenvalue weighted by molar-refractivity contribution is 0.270. The van der Waals surface area contributed by atoms with Gasteiger partial charge in [0.25, 0.3) is 0 Å². The van der Waals surface area contributed by atoms with E-state index >= 15 is 0 Å². The van der Waals surface area contributed by atoms with E-state index < -0.39 is 0 Å². The van der Waals surface area contributed by atoms with Crippen LogP contribution in [0.4, 0.5) is 10.1 Å². The van der Waals surface area contributed by atoms with Crippen molar-refractivity contribution in [3.63, 3.8) is 0 Å². The summed E-state index contributed by atoms with van der Waals surface area (Å²) < 4.78 is 14.8. The maximum atomic E-state index is 14.8. The Morgan fingerprint density at radius 1 is 1.21 bits per heavy atom. The molecule has 1 aromatic rings. The highest BCUT2D eigenvalue weighted by atomic mass is 32.2. The predicted molar refractivity (Wildman–Crippen MR) is 124 cm³/mol. The molecular formula is C22H36FN5S. The Kier molecular flexibility index (Phi) is 8.48. The minimum absolute atomic E-state index is 0.140. The number of nitrogens with zero attached hydrogens (tertiary/aromatic N) is 3. The molecular weight excluding hydrogens is 385 g/mol. The Labute approximate surface area is 179 Å². The van der Waals surface area contributed by atoms with E-state index in [2.05, 4.69) is 40.5 Å². The minimum Gasteiger partial charge on any atom is -0.367 e. The van der Waals surface area contributed by atoms with E-state index in [1.807, 2.05) is 23.9 Å². The fourth-order valence-corrected chi connectivity index (χ4v) is 4.98. The molecule has 0 amide bonds. The van der Waals surface area contributed by atoms with Gasteiger partial charge in [-0.15, -0.1) is 0 Å². The van der Waals surface area contributed by atoms with E-state index in [4.69, 9.17) is 4.99 Å². The Hall–Kier alpha value is -1.47. The van der Waals surface area contributed by atoms with Crippen molar-refractivity contribution in [3.05, 3.63) is 29.6 Å². The average molecular weight is 422 g/mol. The van der Waals surface area contributed by atoms with Crippen molar-refractivity contribution in [2.45, 2.75) is 50.9 Å². The van der Waals surface area contributed by atoms with Crippen molar-refractivity contribution >= 4 is 23.4 Å². The fraction of sp³-hybridized carbons (Fsp3) is 0.682. The zero-order valence-corrected chi connectivity index (χ0v) is 18.9. The lowest BCUT2D eigenvalue weighted by Crippen LogP contribution is -2.46. The number of anilines is 1. The van der Waals surface area contributed by atoms with Gasteiger partial charge in [-0.25, -0.2) is 9.38 Å². The number of hydrogen-bond acceptors (Lipinski definition) is 4. The zero-order valence-electron chi connectivity index (χ0n) is 18.1. The molecule has 2 atom stereocenters. The molecule has 3 rings (SSSR count). The van der Waals surface area contributed by atoms with Crippen LogP contribution in [0.1, 0.15) is 38.7 Å². The van der Waals surface area contributed by atoms with Gasteiger partial charge in [-0.2, -0.15) is 11.8 Å². The molecule has 0 bridgehead atoms. The maximum absolute atomic E-state index is 14.8. The van der Waals surface area contributed by atoms with Gasteiger partial charge in [0, 0.05) is 44.0 Å². The molecule has 1 aromatic carbocycles. The van der Waals surface area contributed by atoms with Crippen LogP contribution in [-0.4, -0.2) is 67.7 Å². The Balaban J connectivity index is 1.59. The molecule has 7 heteroatoms. The van der Waals surface area contributed by atoms with Crippen molar-refractivity contribution in [2.24, 2.45) is 4.99 Å². The highest BCUT2D eigenvalue weighted by Gasteiger charge is 2.24. The number of thioether (sulfide) groups is 1. The molecule has 1 heterocycles. The SMILES string of the molecule is CCNC(=NCc1ccc(N2CCN(CC)CC2)c(F)c1)NC1CCC(SC)C1. The van der Waals surface area contributed by atoms with Gasteiger partial charge in [0.2, 0.25) is 0 Å². The molecule has 1 saturated carbocycles. The summed E-state index contributed by atoms with van der Waals surface area (Å²) in [5.41, 5.74) is 1.62. The monoisotopic (exact) mass is 421 g/mol. The van der Waals surface area contributed by atoms with Gasteiger partial charge in [-0.05, 0) is 56.7 Å². The number of halogens is 1. The number of rotatable bonds is 7. The summed E-state index contributed by atoms with van der Waals surface area (Å²) in [6.07, 6.45) is 5.82. The smallest absolute Gasteiger partial charge is 0.191 e. The number of benzene rings is 1. The van der Waals surface area contributed by atoms with Crippen LogP contribution in [-0.2, 0) is 6.54 Å². The number of aliphatic imine (C=N–C) groups is 1. The third-order valence-electron chi connectivity index (χ3n) is 5.99. The van der Waals surface area contributed by atoms with Crippen molar-refractivity contribution < 1.29 is 4.39 Å². The van der Waals surface area contributed by atoms with Crippen LogP contribution < -0.4 is 15.5 Å². The standard InChI is InChI=1S/C22H36FN5S/c1-4-24-22(26-18-7-8-19(15-18)29-3)25-16-17-6-9-21(20(23)14-17)28-12-10-27(5-2)11-13-28/h6,9,14,18-19H,4-5,7-8,10-13,15-16H2,1-3H3,(H2,24,25,26). The molecule has 29 heavy (non-hydrogen) atoms. The van der Waals surface area contributed by atoms with Gasteiger partial charge in [-0.3, -0.25) is 0 Å². The van der Waals surface area contributed by atoms with Crippen molar-refractivity contribution in [3.8, 4) is 0 Å². The number of piperazine rings is 1. The van der Waals surface area contributed by atoms with E-state index in [0.29, 0.717) is 18.3 Å². The van der Waals surface area contributed by atoms with E-state index in [0.717, 1.165) is 56.0 Å². The molecule has 2 N–H and O–H groups in total. The number of guanidine groups is 1. The number of nitrogens with one attached hydrogen (secondary N) is 2. The molecule has 0 radical (unpaired) electrons. The first-order chi connectivity index (χ1) is 14.1. The highest BCUT2D eigenvalue weighted by Crippen LogP contribution is 2.28. The molecule has 1 aliphatic heterocycles. The van der Waals surface area contributed by atoms with E-state index in [-0.39, 0.29) is 5.82 Å². The summed E-state index contributed by atoms with van der Waals surface area (Å²) in [6, 6.07) is 6.05. The minimum atomic E-state index is -0.140. The molecule has 5 nitrogen and oxygen atoms in total. The molecule has 2 aliphatic rings. The molecule has 1 saturated heterocycles. The Morgan fingerprint density at radius 3 is 2.62 bits per heavy atom. The Bertz CT molecular complexity index is 675. The second-order valence-electron chi connectivity index (χ2n) is 7.91. The van der Waals surface area contributed by atoms with Gasteiger partial charge >= 0.3 is 0 Å². The van der Waals surface area contributed by atoms with Crippen LogP contribution in [0.3, 0.4) is 0 Å². The topological polar surface area (TPSA) is 42.9 Å². The van der Waals surface area contributed by atoms with Crippen LogP contribution in [0.25, 0.3) is 0 Å². The summed E-state index contributed by atoms with van der Waals surface area (Å²) >= 11 is 1.95. The van der Waals surface area contributed by atoms with Crippen molar-refractivity contribution in [2.75, 3.05) is 50.4 Å². The van der Waals surface area contributed by atoms with Gasteiger partial charge in [0.1, 0.15) is 5.82 Å². The van der Waals surface area contributed by atoms with Crippen LogP contribution >= 0.6 is 11.8 Å². The molecule has 1 aliphatic carbocycles. The van der Waals surface area contributed by atoms with E-state index in [9.17, 15) is 4.39 Å². The molecule has 0 aromatic heterocycles. The maximum Gasteiger partial charge on any atom is 0.191 e. The third kappa shape index (κ3) is 6.25. The van der Waals surface area contributed by atoms with Crippen LogP contribution in [0, 0.1) is 5.82 Å². The summed E-state index contributed by atoms with van der Waals surface area (Å²) in [4.78, 5) is 9.26. The highest BCUT2D eigenvalue weighted by molar-refractivity contribution is 7.99. The molecule has 2 unspecified atom stereocenters. The van der Waals surface area contributed by atoms with Gasteiger partial charge in [0.05, 0.1) is 12.2 Å².